The van der Waals surface area contributed by atoms with Crippen LogP contribution in [0.15, 0.2) is 24.3 Å². The molecule has 0 N–H and O–H groups in total. The molecule has 0 aromatic heterocycles. The van der Waals surface area contributed by atoms with Crippen molar-refractivity contribution in [2.24, 2.45) is 0 Å². The molecule has 4 heteroatoms. The van der Waals surface area contributed by atoms with Crippen molar-refractivity contribution in [3.8, 4) is 0 Å². The molecule has 0 spiro atoms. The van der Waals surface area contributed by atoms with Crippen molar-refractivity contribution in [3.63, 3.8) is 0 Å². The molecule has 0 bridgehead atoms. The Hall–Kier alpha value is -1.16. The van der Waals surface area contributed by atoms with Gasteiger partial charge in [0.15, 0.2) is 9.84 Å². The van der Waals surface area contributed by atoms with Gasteiger partial charge in [-0.05, 0) is 11.6 Å². The number of benzene rings is 1. The number of hydrogen-bond donors (Lipinski definition) is 0. The maximum atomic E-state index is 11.3. The van der Waals surface area contributed by atoms with Gasteiger partial charge in [0.05, 0.1) is 5.75 Å². The SMILES string of the molecule is CCS(=O)(=O)Cc1cccc(C=O)c1. The third-order valence-corrected chi connectivity index (χ3v) is 3.57. The maximum Gasteiger partial charge on any atom is 0.154 e. The number of hydrogen-bond acceptors (Lipinski definition) is 3. The van der Waals surface area contributed by atoms with Crippen LogP contribution in [0.3, 0.4) is 0 Å². The summed E-state index contributed by atoms with van der Waals surface area (Å²) in [6, 6.07) is 6.64. The summed E-state index contributed by atoms with van der Waals surface area (Å²) in [4.78, 5) is 10.4. The molecular weight excluding hydrogens is 200 g/mol. The molecule has 14 heavy (non-hydrogen) atoms. The van der Waals surface area contributed by atoms with Crippen molar-refractivity contribution in [2.45, 2.75) is 12.7 Å². The van der Waals surface area contributed by atoms with Crippen molar-refractivity contribution >= 4 is 16.1 Å². The van der Waals surface area contributed by atoms with E-state index in [9.17, 15) is 13.2 Å². The first kappa shape index (κ1) is 10.9. The van der Waals surface area contributed by atoms with Gasteiger partial charge in [-0.1, -0.05) is 25.1 Å². The summed E-state index contributed by atoms with van der Waals surface area (Å²) >= 11 is 0. The zero-order valence-electron chi connectivity index (χ0n) is 7.93. The van der Waals surface area contributed by atoms with Gasteiger partial charge < -0.3 is 0 Å². The van der Waals surface area contributed by atoms with Crippen LogP contribution in [-0.2, 0) is 15.6 Å². The van der Waals surface area contributed by atoms with E-state index in [4.69, 9.17) is 0 Å². The van der Waals surface area contributed by atoms with Crippen LogP contribution in [0.2, 0.25) is 0 Å². The highest BCUT2D eigenvalue weighted by molar-refractivity contribution is 7.90. The predicted octanol–water partition coefficient (Wildman–Crippen LogP) is 1.43. The highest BCUT2D eigenvalue weighted by atomic mass is 32.2. The Labute approximate surface area is 83.7 Å². The summed E-state index contributed by atoms with van der Waals surface area (Å²) in [5.41, 5.74) is 1.17. The summed E-state index contributed by atoms with van der Waals surface area (Å²) in [5, 5.41) is 0. The Morgan fingerprint density at radius 1 is 1.36 bits per heavy atom. The lowest BCUT2D eigenvalue weighted by molar-refractivity contribution is 0.112. The fourth-order valence-corrected chi connectivity index (χ4v) is 2.00. The zero-order valence-corrected chi connectivity index (χ0v) is 8.75. The van der Waals surface area contributed by atoms with Gasteiger partial charge >= 0.3 is 0 Å². The van der Waals surface area contributed by atoms with E-state index in [1.54, 1.807) is 31.2 Å². The van der Waals surface area contributed by atoms with Crippen molar-refractivity contribution in [3.05, 3.63) is 35.4 Å². The summed E-state index contributed by atoms with van der Waals surface area (Å²) in [6.45, 7) is 1.61. The summed E-state index contributed by atoms with van der Waals surface area (Å²) in [6.07, 6.45) is 0.710. The van der Waals surface area contributed by atoms with E-state index in [-0.39, 0.29) is 11.5 Å². The molecule has 0 radical (unpaired) electrons. The Morgan fingerprint density at radius 2 is 2.07 bits per heavy atom. The van der Waals surface area contributed by atoms with Crippen LogP contribution in [0.5, 0.6) is 0 Å². The molecule has 1 aromatic carbocycles. The second-order valence-electron chi connectivity index (χ2n) is 3.04. The van der Waals surface area contributed by atoms with E-state index >= 15 is 0 Å². The Balaban J connectivity index is 2.92. The summed E-state index contributed by atoms with van der Waals surface area (Å²) < 4.78 is 22.6. The van der Waals surface area contributed by atoms with Crippen LogP contribution in [-0.4, -0.2) is 20.5 Å². The quantitative estimate of drug-likeness (QED) is 0.709. The third kappa shape index (κ3) is 2.96. The van der Waals surface area contributed by atoms with Gasteiger partial charge in [0, 0.05) is 11.3 Å². The normalized spacial score (nSPS) is 11.2. The molecule has 0 aliphatic heterocycles. The van der Waals surface area contributed by atoms with Gasteiger partial charge in [-0.3, -0.25) is 4.79 Å². The zero-order chi connectivity index (χ0) is 10.6. The fraction of sp³-hybridized carbons (Fsp3) is 0.300. The van der Waals surface area contributed by atoms with Crippen molar-refractivity contribution in [1.82, 2.24) is 0 Å². The second-order valence-corrected chi connectivity index (χ2v) is 5.39. The smallest absolute Gasteiger partial charge is 0.154 e. The molecule has 1 rings (SSSR count). The van der Waals surface area contributed by atoms with Gasteiger partial charge in [-0.2, -0.15) is 0 Å². The van der Waals surface area contributed by atoms with Crippen molar-refractivity contribution < 1.29 is 13.2 Å². The van der Waals surface area contributed by atoms with E-state index in [2.05, 4.69) is 0 Å². The van der Waals surface area contributed by atoms with Crippen LogP contribution in [0, 0.1) is 0 Å². The molecule has 0 fully saturated rings. The van der Waals surface area contributed by atoms with Crippen molar-refractivity contribution in [1.29, 1.82) is 0 Å². The average molecular weight is 212 g/mol. The first-order chi connectivity index (χ1) is 6.57. The number of carbonyl (C=O) groups excluding carboxylic acids is 1. The lowest BCUT2D eigenvalue weighted by Crippen LogP contribution is -2.06. The lowest BCUT2D eigenvalue weighted by Gasteiger charge is -2.01. The fourth-order valence-electron chi connectivity index (χ4n) is 1.11. The minimum absolute atomic E-state index is 0.00514. The van der Waals surface area contributed by atoms with Gasteiger partial charge in [0.1, 0.15) is 6.29 Å². The van der Waals surface area contributed by atoms with Crippen molar-refractivity contribution in [2.75, 3.05) is 5.75 Å². The van der Waals surface area contributed by atoms with Gasteiger partial charge in [-0.15, -0.1) is 0 Å². The molecule has 0 aliphatic rings. The molecule has 0 saturated heterocycles. The minimum atomic E-state index is -3.01. The third-order valence-electron chi connectivity index (χ3n) is 1.91. The molecule has 0 saturated carbocycles. The summed E-state index contributed by atoms with van der Waals surface area (Å²) in [7, 11) is -3.01. The van der Waals surface area contributed by atoms with Crippen LogP contribution in [0.25, 0.3) is 0 Å². The van der Waals surface area contributed by atoms with Gasteiger partial charge in [0.2, 0.25) is 0 Å². The second kappa shape index (κ2) is 4.37. The van der Waals surface area contributed by atoms with Crippen LogP contribution in [0.1, 0.15) is 22.8 Å². The monoisotopic (exact) mass is 212 g/mol. The van der Waals surface area contributed by atoms with E-state index in [1.165, 1.54) is 0 Å². The summed E-state index contributed by atoms with van der Waals surface area (Å²) in [5.74, 6) is 0.128. The molecule has 0 heterocycles. The highest BCUT2D eigenvalue weighted by Crippen LogP contribution is 2.08. The molecule has 76 valence electrons. The molecule has 0 amide bonds. The average Bonchev–Trinajstić information content (AvgIpc) is 2.17. The van der Waals surface area contributed by atoms with E-state index < -0.39 is 9.84 Å². The maximum absolute atomic E-state index is 11.3. The van der Waals surface area contributed by atoms with E-state index in [0.717, 1.165) is 0 Å². The largest absolute Gasteiger partial charge is 0.298 e. The Kier molecular flexibility index (Phi) is 3.41. The van der Waals surface area contributed by atoms with Crippen LogP contribution in [0.4, 0.5) is 0 Å². The molecule has 0 atom stereocenters. The number of aldehydes is 1. The van der Waals surface area contributed by atoms with Gasteiger partial charge in [0.25, 0.3) is 0 Å². The number of carbonyl (C=O) groups is 1. The minimum Gasteiger partial charge on any atom is -0.298 e. The van der Waals surface area contributed by atoms with Gasteiger partial charge in [-0.25, -0.2) is 8.42 Å². The predicted molar refractivity (Wildman–Crippen MR) is 55.0 cm³/mol. The Morgan fingerprint density at radius 3 is 2.64 bits per heavy atom. The van der Waals surface area contributed by atoms with Crippen LogP contribution >= 0.6 is 0 Å². The van der Waals surface area contributed by atoms with Crippen LogP contribution < -0.4 is 0 Å². The highest BCUT2D eigenvalue weighted by Gasteiger charge is 2.08. The number of rotatable bonds is 4. The first-order valence-corrected chi connectivity index (χ1v) is 6.14. The molecule has 0 aliphatic carbocycles. The molecule has 0 unspecified atom stereocenters. The standard InChI is InChI=1S/C10H12O3S/c1-2-14(12,13)8-10-5-3-4-9(6-10)7-11/h3-7H,2,8H2,1H3. The topological polar surface area (TPSA) is 51.2 Å². The molecular formula is C10H12O3S. The molecule has 1 aromatic rings. The van der Waals surface area contributed by atoms with E-state index in [0.29, 0.717) is 17.4 Å². The molecule has 3 nitrogen and oxygen atoms in total. The Bertz CT molecular complexity index is 421. The van der Waals surface area contributed by atoms with E-state index in [1.807, 2.05) is 0 Å². The first-order valence-electron chi connectivity index (χ1n) is 4.32. The number of sulfone groups is 1. The lowest BCUT2D eigenvalue weighted by atomic mass is 10.2.